The van der Waals surface area contributed by atoms with E-state index in [1.165, 1.54) is 87.7 Å². The van der Waals surface area contributed by atoms with E-state index in [0.717, 1.165) is 9.80 Å². The van der Waals surface area contributed by atoms with Gasteiger partial charge in [-0.1, -0.05) is 123 Å². The maximum Gasteiger partial charge on any atom is 0.246 e. The molecule has 1 aliphatic heterocycles. The molecule has 12 amide bonds. The number of hydrogen-bond donors (Lipinski definition) is 6. The SMILES string of the molecule is C/C=C/C[C@@H](C)[C@@H](O)[C@H]1C(=O)N[C@@H](CC)C(=O)N(C)CC(=O)N(C)[C@@H](CC(C)C)C(=O)N[C@@H](CC(C)C)C(=O)N[C@@H](C(C)C)C(=O)N(C)[C@@H](CC(C)C)C(=O)N[C@@H](C)C(=O)N[C@H](C)C(=O)N(C)[C@@H](CC(C)C)C(=O)N(C)[C@@H](CC(C)C)C(=O)N(C)[C@@H](C(C)C)C(=O)N1C. The molecule has 1 rings (SSSR count). The minimum absolute atomic E-state index is 0.00478. The van der Waals surface area contributed by atoms with Gasteiger partial charge in [-0.05, 0) is 113 Å². The molecule has 6 N–H and O–H groups in total. The Hall–Kier alpha value is -6.66. The molecule has 1 fully saturated rings. The Kier molecular flexibility index (Phi) is 35.0. The minimum atomic E-state index is -1.63. The molecule has 93 heavy (non-hydrogen) atoms. The number of likely N-dealkylation sites (N-methyl/N-ethyl adjacent to an activating group) is 7. The van der Waals surface area contributed by atoms with Crippen molar-refractivity contribution in [3.8, 4) is 0 Å². The molecule has 1 saturated heterocycles. The van der Waals surface area contributed by atoms with Crippen LogP contribution in [-0.2, 0) is 57.5 Å². The molecule has 0 unspecified atom stereocenters. The largest absolute Gasteiger partial charge is 0.390 e. The molecular weight excluding hydrogens is 1190 g/mol. The van der Waals surface area contributed by atoms with Crippen molar-refractivity contribution in [2.24, 2.45) is 47.3 Å². The highest BCUT2D eigenvalue weighted by molar-refractivity contribution is 6.00. The zero-order valence-electron chi connectivity index (χ0n) is 61.3. The lowest BCUT2D eigenvalue weighted by Gasteiger charge is -2.41. The van der Waals surface area contributed by atoms with E-state index in [1.807, 2.05) is 69.2 Å². The van der Waals surface area contributed by atoms with Crippen LogP contribution in [0.25, 0.3) is 0 Å². The third-order valence-electron chi connectivity index (χ3n) is 17.4. The van der Waals surface area contributed by atoms with Crippen LogP contribution in [0.5, 0.6) is 0 Å². The lowest BCUT2D eigenvalue weighted by atomic mass is 9.91. The third kappa shape index (κ3) is 24.6. The summed E-state index contributed by atoms with van der Waals surface area (Å²) in [6.07, 6.45) is 3.03. The summed E-state index contributed by atoms with van der Waals surface area (Å²) in [6, 6.07) is -13.8. The zero-order chi connectivity index (χ0) is 72.1. The van der Waals surface area contributed by atoms with Gasteiger partial charge < -0.3 is 66.0 Å². The van der Waals surface area contributed by atoms with Crippen LogP contribution >= 0.6 is 0 Å². The second-order valence-corrected chi connectivity index (χ2v) is 28.8. The highest BCUT2D eigenvalue weighted by Crippen LogP contribution is 2.26. The first-order valence-corrected chi connectivity index (χ1v) is 33.6. The molecule has 532 valence electrons. The molecular formula is C68H122N12O13. The first kappa shape index (κ1) is 84.4. The molecule has 0 radical (unpaired) electrons. The number of amides is 12. The molecule has 0 saturated carbocycles. The number of carbonyl (C=O) groups excluding carboxylic acids is 12. The molecule has 0 aromatic carbocycles. The van der Waals surface area contributed by atoms with Crippen molar-refractivity contribution in [3.05, 3.63) is 12.2 Å². The summed E-state index contributed by atoms with van der Waals surface area (Å²) in [4.78, 5) is 184. The van der Waals surface area contributed by atoms with Gasteiger partial charge in [-0.25, -0.2) is 0 Å². The van der Waals surface area contributed by atoms with Crippen molar-refractivity contribution in [1.29, 1.82) is 0 Å². The van der Waals surface area contributed by atoms with Crippen molar-refractivity contribution >= 4 is 70.9 Å². The van der Waals surface area contributed by atoms with Crippen molar-refractivity contribution in [1.82, 2.24) is 60.9 Å². The summed E-state index contributed by atoms with van der Waals surface area (Å²) >= 11 is 0. The van der Waals surface area contributed by atoms with Crippen LogP contribution in [0.15, 0.2) is 12.2 Å². The van der Waals surface area contributed by atoms with Gasteiger partial charge in [-0.15, -0.1) is 0 Å². The van der Waals surface area contributed by atoms with Gasteiger partial charge >= 0.3 is 0 Å². The highest BCUT2D eigenvalue weighted by atomic mass is 16.3. The van der Waals surface area contributed by atoms with E-state index in [4.69, 9.17) is 0 Å². The van der Waals surface area contributed by atoms with Crippen LogP contribution in [0.3, 0.4) is 0 Å². The fourth-order valence-electron chi connectivity index (χ4n) is 11.7. The summed E-state index contributed by atoms with van der Waals surface area (Å²) in [5.74, 6) is -10.9. The van der Waals surface area contributed by atoms with Crippen LogP contribution in [0.4, 0.5) is 0 Å². The van der Waals surface area contributed by atoms with Gasteiger partial charge in [0.05, 0.1) is 12.6 Å². The second kappa shape index (κ2) is 38.6. The van der Waals surface area contributed by atoms with E-state index in [2.05, 4.69) is 26.6 Å². The fraction of sp³-hybridized carbons (Fsp3) is 0.794. The first-order chi connectivity index (χ1) is 42.9. The van der Waals surface area contributed by atoms with Crippen LogP contribution in [-0.4, -0.2) is 239 Å². The van der Waals surface area contributed by atoms with Crippen molar-refractivity contribution in [2.45, 2.75) is 249 Å². The number of aliphatic hydroxyl groups is 1. The van der Waals surface area contributed by atoms with Gasteiger partial charge in [0, 0.05) is 49.3 Å². The lowest BCUT2D eigenvalue weighted by Crippen LogP contribution is -2.63. The Morgan fingerprint density at radius 3 is 1.28 bits per heavy atom. The van der Waals surface area contributed by atoms with Crippen molar-refractivity contribution in [2.75, 3.05) is 55.9 Å². The van der Waals surface area contributed by atoms with E-state index >= 15 is 14.4 Å². The van der Waals surface area contributed by atoms with Crippen molar-refractivity contribution < 1.29 is 62.6 Å². The average molecular weight is 1320 g/mol. The standard InChI is InChI=1S/C68H122N12O13/c1-27-29-30-44(17)57(82)56-62(87)71-47(28-2)64(89)74(20)36-53(81)75(21)49(32-38(5)6)61(86)72-48(31-37(3)4)59(84)73-54(42(13)14)67(92)76(22)50(33-39(7)8)60(85)69-45(18)58(83)70-46(19)63(88)77(23)51(34-40(9)10)65(90)78(24)52(35-41(11)12)66(91)79(25)55(43(15)16)68(93)80(56)26/h27,29,37-52,54-57,82H,28,30-36H2,1-26H3,(H,69,85)(H,70,83)(H,71,87)(H,72,86)(H,73,84)/b29-27+/t44-,45+,46-,47+,48+,49+,50+,51+,52+,54+,55+,56+,57-/m1/s1. The molecule has 1 heterocycles. The molecule has 25 nitrogen and oxygen atoms in total. The summed E-state index contributed by atoms with van der Waals surface area (Å²) in [6.45, 7) is 32.9. The Morgan fingerprint density at radius 2 is 0.828 bits per heavy atom. The quantitative estimate of drug-likeness (QED) is 0.113. The number of allylic oxidation sites excluding steroid dienone is 2. The summed E-state index contributed by atoms with van der Waals surface area (Å²) in [7, 11) is 9.86. The smallest absolute Gasteiger partial charge is 0.246 e. The predicted octanol–water partition coefficient (Wildman–Crippen LogP) is 3.80. The topological polar surface area (TPSA) is 308 Å². The Labute approximate surface area is 556 Å². The molecule has 0 aromatic rings. The summed E-state index contributed by atoms with van der Waals surface area (Å²) in [5.41, 5.74) is 0. The third-order valence-corrected chi connectivity index (χ3v) is 17.4. The van der Waals surface area contributed by atoms with Crippen LogP contribution in [0.1, 0.15) is 176 Å². The number of nitrogens with one attached hydrogen (secondary N) is 5. The predicted molar refractivity (Wildman–Crippen MR) is 360 cm³/mol. The average Bonchev–Trinajstić information content (AvgIpc) is 0.827. The summed E-state index contributed by atoms with van der Waals surface area (Å²) < 4.78 is 0. The fourth-order valence-corrected chi connectivity index (χ4v) is 11.7. The zero-order valence-corrected chi connectivity index (χ0v) is 61.3. The molecule has 0 bridgehead atoms. The van der Waals surface area contributed by atoms with E-state index in [0.29, 0.717) is 6.42 Å². The van der Waals surface area contributed by atoms with E-state index < -0.39 is 168 Å². The Morgan fingerprint density at radius 1 is 0.419 bits per heavy atom. The molecule has 25 heteroatoms. The van der Waals surface area contributed by atoms with E-state index in [9.17, 15) is 48.3 Å². The number of nitrogens with zero attached hydrogens (tertiary/aromatic N) is 7. The van der Waals surface area contributed by atoms with Crippen LogP contribution in [0.2, 0.25) is 0 Å². The molecule has 1 aliphatic rings. The second-order valence-electron chi connectivity index (χ2n) is 28.8. The van der Waals surface area contributed by atoms with Crippen LogP contribution < -0.4 is 26.6 Å². The Bertz CT molecular complexity index is 2570. The summed E-state index contributed by atoms with van der Waals surface area (Å²) in [5, 5.41) is 26.0. The number of carbonyl (C=O) groups is 12. The molecule has 0 aromatic heterocycles. The van der Waals surface area contributed by atoms with E-state index in [1.54, 1.807) is 60.6 Å². The van der Waals surface area contributed by atoms with Gasteiger partial charge in [-0.2, -0.15) is 0 Å². The van der Waals surface area contributed by atoms with Crippen LogP contribution in [0, 0.1) is 47.3 Å². The van der Waals surface area contributed by atoms with Gasteiger partial charge in [0.25, 0.3) is 0 Å². The lowest BCUT2D eigenvalue weighted by molar-refractivity contribution is -0.157. The van der Waals surface area contributed by atoms with Gasteiger partial charge in [0.1, 0.15) is 66.5 Å². The van der Waals surface area contributed by atoms with Gasteiger partial charge in [0.2, 0.25) is 70.9 Å². The Balaban J connectivity index is 4.36. The molecule has 0 spiro atoms. The molecule has 0 aliphatic carbocycles. The molecule has 13 atom stereocenters. The maximum atomic E-state index is 15.2. The normalized spacial score (nSPS) is 26.8. The van der Waals surface area contributed by atoms with Crippen molar-refractivity contribution in [3.63, 3.8) is 0 Å². The monoisotopic (exact) mass is 1310 g/mol. The number of aliphatic hydroxyl groups excluding tert-OH is 1. The maximum absolute atomic E-state index is 15.2. The number of hydrogen-bond acceptors (Lipinski definition) is 13. The highest BCUT2D eigenvalue weighted by Gasteiger charge is 2.46. The minimum Gasteiger partial charge on any atom is -0.390 e. The van der Waals surface area contributed by atoms with E-state index in [-0.39, 0.29) is 68.1 Å². The van der Waals surface area contributed by atoms with Gasteiger partial charge in [0.15, 0.2) is 0 Å². The number of rotatable bonds is 17. The first-order valence-electron chi connectivity index (χ1n) is 33.6. The van der Waals surface area contributed by atoms with Gasteiger partial charge in [-0.3, -0.25) is 57.5 Å².